The highest BCUT2D eigenvalue weighted by atomic mass is 16.3. The first-order chi connectivity index (χ1) is 13.9. The lowest BCUT2D eigenvalue weighted by Gasteiger charge is -2.58. The molecular formula is C27H44O2. The normalized spacial score (nSPS) is 48.6. The van der Waals surface area contributed by atoms with Crippen LogP contribution in [0.25, 0.3) is 0 Å². The molecule has 0 amide bonds. The van der Waals surface area contributed by atoms with Crippen LogP contribution in [-0.2, 0) is 0 Å². The third-order valence-electron chi connectivity index (χ3n) is 10.9. The molecule has 0 aromatic rings. The second-order valence-corrected chi connectivity index (χ2v) is 12.3. The minimum atomic E-state index is -0.100. The number of aliphatic hydroxyl groups excluding tert-OH is 2. The fourth-order valence-corrected chi connectivity index (χ4v) is 9.19. The molecule has 0 saturated heterocycles. The Bertz CT molecular complexity index is 634. The van der Waals surface area contributed by atoms with Gasteiger partial charge in [0, 0.05) is 0 Å². The Hall–Kier alpha value is -0.340. The highest BCUT2D eigenvalue weighted by Crippen LogP contribution is 2.66. The molecule has 164 valence electrons. The van der Waals surface area contributed by atoms with Gasteiger partial charge in [-0.1, -0.05) is 51.2 Å². The van der Waals surface area contributed by atoms with Gasteiger partial charge in [0.05, 0.1) is 12.2 Å². The Morgan fingerprint density at radius 1 is 0.966 bits per heavy atom. The molecule has 0 heterocycles. The van der Waals surface area contributed by atoms with Gasteiger partial charge in [-0.25, -0.2) is 0 Å². The number of allylic oxidation sites excluding steroid dienone is 1. The first-order valence-electron chi connectivity index (χ1n) is 13.0. The molecule has 0 spiro atoms. The van der Waals surface area contributed by atoms with Crippen molar-refractivity contribution in [3.63, 3.8) is 0 Å². The number of rotatable bonds is 4. The summed E-state index contributed by atoms with van der Waals surface area (Å²) in [5.74, 6) is 4.06. The second-order valence-electron chi connectivity index (χ2n) is 12.3. The second kappa shape index (κ2) is 7.66. The van der Waals surface area contributed by atoms with Gasteiger partial charge in [0.1, 0.15) is 0 Å². The summed E-state index contributed by atoms with van der Waals surface area (Å²) in [5.41, 5.74) is 2.39. The lowest BCUT2D eigenvalue weighted by Crippen LogP contribution is -2.50. The molecule has 4 fully saturated rings. The number of aliphatic hydroxyl groups is 2. The van der Waals surface area contributed by atoms with Crippen molar-refractivity contribution < 1.29 is 10.2 Å². The van der Waals surface area contributed by atoms with E-state index in [1.54, 1.807) is 5.57 Å². The average molecular weight is 401 g/mol. The topological polar surface area (TPSA) is 40.5 Å². The van der Waals surface area contributed by atoms with Crippen molar-refractivity contribution in [2.45, 2.75) is 116 Å². The molecule has 5 unspecified atom stereocenters. The largest absolute Gasteiger partial charge is 0.393 e. The lowest BCUT2D eigenvalue weighted by molar-refractivity contribution is -0.0561. The Morgan fingerprint density at radius 2 is 1.76 bits per heavy atom. The molecule has 5 rings (SSSR count). The van der Waals surface area contributed by atoms with Crippen LogP contribution in [0.4, 0.5) is 0 Å². The van der Waals surface area contributed by atoms with Gasteiger partial charge >= 0.3 is 0 Å². The van der Waals surface area contributed by atoms with Gasteiger partial charge in [0.25, 0.3) is 0 Å². The molecule has 0 aromatic carbocycles. The molecule has 2 heteroatoms. The fraction of sp³-hybridized carbons (Fsp3) is 0.926. The summed E-state index contributed by atoms with van der Waals surface area (Å²) in [7, 11) is 0. The third-order valence-corrected chi connectivity index (χ3v) is 10.9. The van der Waals surface area contributed by atoms with Gasteiger partial charge in [0.2, 0.25) is 0 Å². The van der Waals surface area contributed by atoms with Crippen molar-refractivity contribution in [1.29, 1.82) is 0 Å². The standard InChI is InChI=1S/C27H44O2/c1-26-13-11-21(28)16-19(26)7-9-23-24-10-8-20(27(24,2)14-12-25(23)26)17-22(29)15-18-5-3-4-6-18/h7,18,20-25,28-29H,3-6,8-17H2,1-2H3/t20-,21+,22?,23+,24?,25?,26?,27?/m1/s1. The number of fused-ring (bicyclic) bond motifs is 5. The van der Waals surface area contributed by atoms with Gasteiger partial charge in [0.15, 0.2) is 0 Å². The van der Waals surface area contributed by atoms with Gasteiger partial charge in [-0.15, -0.1) is 0 Å². The quantitative estimate of drug-likeness (QED) is 0.547. The van der Waals surface area contributed by atoms with Crippen molar-refractivity contribution in [3.8, 4) is 0 Å². The van der Waals surface area contributed by atoms with E-state index in [0.29, 0.717) is 10.8 Å². The van der Waals surface area contributed by atoms with Crippen LogP contribution >= 0.6 is 0 Å². The van der Waals surface area contributed by atoms with Crippen molar-refractivity contribution in [3.05, 3.63) is 11.6 Å². The summed E-state index contributed by atoms with van der Waals surface area (Å²) >= 11 is 0. The predicted molar refractivity (Wildman–Crippen MR) is 118 cm³/mol. The van der Waals surface area contributed by atoms with E-state index in [9.17, 15) is 10.2 Å². The smallest absolute Gasteiger partial charge is 0.0577 e. The summed E-state index contributed by atoms with van der Waals surface area (Å²) < 4.78 is 0. The van der Waals surface area contributed by atoms with E-state index < -0.39 is 0 Å². The minimum absolute atomic E-state index is 0.0633. The minimum Gasteiger partial charge on any atom is -0.393 e. The molecule has 5 aliphatic carbocycles. The molecule has 0 aliphatic heterocycles. The van der Waals surface area contributed by atoms with Crippen molar-refractivity contribution in [2.75, 3.05) is 0 Å². The maximum atomic E-state index is 10.9. The molecule has 8 atom stereocenters. The van der Waals surface area contributed by atoms with Crippen LogP contribution in [0, 0.1) is 40.4 Å². The van der Waals surface area contributed by atoms with Crippen LogP contribution in [0.15, 0.2) is 11.6 Å². The van der Waals surface area contributed by atoms with Gasteiger partial charge in [-0.3, -0.25) is 0 Å². The number of hydrogen-bond donors (Lipinski definition) is 2. The highest BCUT2D eigenvalue weighted by Gasteiger charge is 2.58. The first-order valence-corrected chi connectivity index (χ1v) is 13.0. The first kappa shape index (κ1) is 20.6. The zero-order valence-corrected chi connectivity index (χ0v) is 18.9. The molecule has 2 N–H and O–H groups in total. The van der Waals surface area contributed by atoms with Gasteiger partial charge in [-0.2, -0.15) is 0 Å². The van der Waals surface area contributed by atoms with Gasteiger partial charge in [-0.05, 0) is 105 Å². The van der Waals surface area contributed by atoms with Gasteiger partial charge < -0.3 is 10.2 Å². The molecule has 0 aromatic heterocycles. The fourth-order valence-electron chi connectivity index (χ4n) is 9.19. The van der Waals surface area contributed by atoms with E-state index in [2.05, 4.69) is 19.9 Å². The van der Waals surface area contributed by atoms with E-state index in [1.165, 1.54) is 64.2 Å². The van der Waals surface area contributed by atoms with Crippen LogP contribution in [-0.4, -0.2) is 22.4 Å². The lowest BCUT2D eigenvalue weighted by atomic mass is 9.47. The molecule has 5 aliphatic rings. The zero-order valence-electron chi connectivity index (χ0n) is 18.9. The summed E-state index contributed by atoms with van der Waals surface area (Å²) in [6.07, 6.45) is 19.8. The average Bonchev–Trinajstić information content (AvgIpc) is 3.30. The van der Waals surface area contributed by atoms with Crippen LogP contribution < -0.4 is 0 Å². The summed E-state index contributed by atoms with van der Waals surface area (Å²) in [6, 6.07) is 0. The molecule has 4 saturated carbocycles. The summed E-state index contributed by atoms with van der Waals surface area (Å²) in [6.45, 7) is 5.13. The van der Waals surface area contributed by atoms with Crippen LogP contribution in [0.2, 0.25) is 0 Å². The van der Waals surface area contributed by atoms with Crippen LogP contribution in [0.3, 0.4) is 0 Å². The Kier molecular flexibility index (Phi) is 5.43. The van der Waals surface area contributed by atoms with E-state index >= 15 is 0 Å². The van der Waals surface area contributed by atoms with E-state index in [4.69, 9.17) is 0 Å². The summed E-state index contributed by atoms with van der Waals surface area (Å²) in [5, 5.41) is 21.1. The predicted octanol–water partition coefficient (Wildman–Crippen LogP) is 6.26. The maximum absolute atomic E-state index is 10.9. The third kappa shape index (κ3) is 3.45. The Balaban J connectivity index is 1.29. The van der Waals surface area contributed by atoms with E-state index in [0.717, 1.165) is 55.3 Å². The highest BCUT2D eigenvalue weighted by molar-refractivity contribution is 5.25. The zero-order chi connectivity index (χ0) is 20.2. The monoisotopic (exact) mass is 400 g/mol. The van der Waals surface area contributed by atoms with Crippen LogP contribution in [0.1, 0.15) is 104 Å². The molecule has 0 bridgehead atoms. The Morgan fingerprint density at radius 3 is 2.55 bits per heavy atom. The molecular weight excluding hydrogens is 356 g/mol. The van der Waals surface area contributed by atoms with E-state index in [1.807, 2.05) is 0 Å². The van der Waals surface area contributed by atoms with Crippen LogP contribution in [0.5, 0.6) is 0 Å². The van der Waals surface area contributed by atoms with Crippen molar-refractivity contribution in [1.82, 2.24) is 0 Å². The maximum Gasteiger partial charge on any atom is 0.0577 e. The SMILES string of the molecule is CC12CC[C@H](O)CC1=CC[C@@H]1C2CCC2(C)C1CC[C@@H]2CC(O)CC1CCCC1. The molecule has 29 heavy (non-hydrogen) atoms. The van der Waals surface area contributed by atoms with E-state index in [-0.39, 0.29) is 12.2 Å². The Labute approximate surface area is 178 Å². The molecule has 2 nitrogen and oxygen atoms in total. The number of hydrogen-bond acceptors (Lipinski definition) is 2. The van der Waals surface area contributed by atoms with Crippen molar-refractivity contribution in [2.24, 2.45) is 40.4 Å². The molecule has 0 radical (unpaired) electrons. The van der Waals surface area contributed by atoms with Crippen molar-refractivity contribution >= 4 is 0 Å². The summed E-state index contributed by atoms with van der Waals surface area (Å²) in [4.78, 5) is 0.